The summed E-state index contributed by atoms with van der Waals surface area (Å²) in [5, 5.41) is 4.84. The Bertz CT molecular complexity index is 551. The van der Waals surface area contributed by atoms with Crippen LogP contribution in [0.25, 0.3) is 0 Å². The van der Waals surface area contributed by atoms with Crippen molar-refractivity contribution in [3.05, 3.63) is 35.9 Å². The van der Waals surface area contributed by atoms with Gasteiger partial charge in [0.1, 0.15) is 0 Å². The second-order valence-corrected chi connectivity index (χ2v) is 5.56. The van der Waals surface area contributed by atoms with E-state index in [2.05, 4.69) is 15.4 Å². The molecule has 1 atom stereocenters. The van der Waals surface area contributed by atoms with Gasteiger partial charge >= 0.3 is 12.3 Å². The molecule has 140 valence electrons. The average Bonchev–Trinajstić information content (AvgIpc) is 2.53. The number of nitrogens with one attached hydrogen (secondary N) is 2. The van der Waals surface area contributed by atoms with Crippen molar-refractivity contribution >= 4 is 12.0 Å². The number of halogens is 3. The number of rotatable bonds is 8. The minimum Gasteiger partial charge on any atom is -0.440 e. The number of alkyl carbamates (subject to hydrolysis) is 1. The highest BCUT2D eigenvalue weighted by atomic mass is 19.4. The number of carbonyl (C=O) groups excluding carboxylic acids is 2. The molecular weight excluding hydrogens is 339 g/mol. The summed E-state index contributed by atoms with van der Waals surface area (Å²) in [5.41, 5.74) is 1.04. The first-order valence-corrected chi connectivity index (χ1v) is 7.64. The Morgan fingerprint density at radius 1 is 1.16 bits per heavy atom. The van der Waals surface area contributed by atoms with Gasteiger partial charge in [0.2, 0.25) is 5.91 Å². The van der Waals surface area contributed by atoms with Crippen LogP contribution in [0.1, 0.15) is 18.0 Å². The lowest BCUT2D eigenvalue weighted by Gasteiger charge is -2.25. The molecule has 6 nitrogen and oxygen atoms in total. The van der Waals surface area contributed by atoms with Crippen LogP contribution < -0.4 is 10.6 Å². The molecule has 0 fully saturated rings. The van der Waals surface area contributed by atoms with Crippen LogP contribution in [-0.4, -0.2) is 56.9 Å². The fraction of sp³-hybridized carbons (Fsp3) is 0.500. The predicted octanol–water partition coefficient (Wildman–Crippen LogP) is 2.08. The average molecular weight is 361 g/mol. The van der Waals surface area contributed by atoms with E-state index in [4.69, 9.17) is 0 Å². The number of hydrogen-bond donors (Lipinski definition) is 2. The molecule has 9 heteroatoms. The number of hydrogen-bond acceptors (Lipinski definition) is 4. The van der Waals surface area contributed by atoms with Gasteiger partial charge in [-0.2, -0.15) is 13.2 Å². The summed E-state index contributed by atoms with van der Waals surface area (Å²) in [5.74, 6) is -0.320. The first-order valence-electron chi connectivity index (χ1n) is 7.64. The molecule has 0 saturated carbocycles. The van der Waals surface area contributed by atoms with Gasteiger partial charge in [0.25, 0.3) is 0 Å². The van der Waals surface area contributed by atoms with Gasteiger partial charge in [-0.05, 0) is 19.7 Å². The van der Waals surface area contributed by atoms with E-state index in [1.54, 1.807) is 0 Å². The molecule has 1 aromatic rings. The summed E-state index contributed by atoms with van der Waals surface area (Å²) in [6.07, 6.45) is -5.84. The van der Waals surface area contributed by atoms with Gasteiger partial charge in [-0.25, -0.2) is 4.79 Å². The van der Waals surface area contributed by atoms with Crippen LogP contribution in [-0.2, 0) is 9.53 Å². The van der Waals surface area contributed by atoms with Crippen LogP contribution in [0.5, 0.6) is 0 Å². The van der Waals surface area contributed by atoms with Crippen molar-refractivity contribution in [3.63, 3.8) is 0 Å². The number of nitrogens with zero attached hydrogens (tertiary/aromatic N) is 1. The first-order chi connectivity index (χ1) is 11.7. The molecule has 0 spiro atoms. The second-order valence-electron chi connectivity index (χ2n) is 5.56. The van der Waals surface area contributed by atoms with Gasteiger partial charge in [0.05, 0.1) is 6.04 Å². The molecule has 0 heterocycles. The molecule has 1 aromatic carbocycles. The third-order valence-electron chi connectivity index (χ3n) is 3.29. The number of alkyl halides is 3. The monoisotopic (exact) mass is 361 g/mol. The predicted molar refractivity (Wildman–Crippen MR) is 85.9 cm³/mol. The highest BCUT2D eigenvalue weighted by Crippen LogP contribution is 2.16. The number of carbonyl (C=O) groups is 2. The Hall–Kier alpha value is -2.29. The largest absolute Gasteiger partial charge is 0.440 e. The fourth-order valence-electron chi connectivity index (χ4n) is 2.05. The Morgan fingerprint density at radius 2 is 1.80 bits per heavy atom. The van der Waals surface area contributed by atoms with Gasteiger partial charge in [0, 0.05) is 19.5 Å². The molecule has 0 aliphatic heterocycles. The van der Waals surface area contributed by atoms with E-state index >= 15 is 0 Å². The zero-order chi connectivity index (χ0) is 18.9. The quantitative estimate of drug-likeness (QED) is 0.744. The maximum absolute atomic E-state index is 11.9. The summed E-state index contributed by atoms with van der Waals surface area (Å²) in [6, 6.07) is 9.60. The van der Waals surface area contributed by atoms with Gasteiger partial charge in [-0.15, -0.1) is 0 Å². The third kappa shape index (κ3) is 8.94. The molecule has 0 bridgehead atoms. The molecule has 2 N–H and O–H groups in total. The lowest BCUT2D eigenvalue weighted by atomic mass is 10.1. The number of ether oxygens (including phenoxy) is 1. The Morgan fingerprint density at radius 3 is 2.36 bits per heavy atom. The maximum atomic E-state index is 11.9. The molecule has 25 heavy (non-hydrogen) atoms. The molecule has 0 aliphatic rings. The van der Waals surface area contributed by atoms with Crippen molar-refractivity contribution in [2.45, 2.75) is 18.6 Å². The lowest BCUT2D eigenvalue weighted by molar-refractivity contribution is -0.160. The van der Waals surface area contributed by atoms with Crippen LogP contribution in [0.15, 0.2) is 30.3 Å². The smallest absolute Gasteiger partial charge is 0.422 e. The molecule has 2 amide bonds. The normalized spacial score (nSPS) is 12.6. The van der Waals surface area contributed by atoms with Gasteiger partial charge in [-0.1, -0.05) is 30.3 Å². The number of amides is 2. The van der Waals surface area contributed by atoms with Crippen molar-refractivity contribution < 1.29 is 27.5 Å². The number of likely N-dealkylation sites (N-methyl/N-ethyl adjacent to an activating group) is 1. The lowest BCUT2D eigenvalue weighted by Crippen LogP contribution is -2.36. The minimum absolute atomic E-state index is 0.0186. The summed E-state index contributed by atoms with van der Waals surface area (Å²) in [4.78, 5) is 24.8. The van der Waals surface area contributed by atoms with Crippen LogP contribution in [0.2, 0.25) is 0 Å². The standard InChI is InChI=1S/C16H22F3N3O3/c1-22(2)13(12-6-4-3-5-7-12)10-21-14(23)8-9-20-15(24)25-11-16(17,18)19/h3-7,13H,8-11H2,1-2H3,(H,20,24)(H,21,23)/t13-/m1/s1. The molecule has 1 rings (SSSR count). The first kappa shape index (κ1) is 20.8. The molecule has 0 radical (unpaired) electrons. The van der Waals surface area contributed by atoms with E-state index < -0.39 is 18.9 Å². The van der Waals surface area contributed by atoms with Crippen LogP contribution in [0, 0.1) is 0 Å². The molecule has 0 saturated heterocycles. The van der Waals surface area contributed by atoms with E-state index in [1.165, 1.54) is 0 Å². The molecule has 0 unspecified atom stereocenters. The summed E-state index contributed by atoms with van der Waals surface area (Å²) in [7, 11) is 3.78. The zero-order valence-corrected chi connectivity index (χ0v) is 14.1. The van der Waals surface area contributed by atoms with E-state index in [1.807, 2.05) is 49.3 Å². The van der Waals surface area contributed by atoms with Gasteiger partial charge in [-0.3, -0.25) is 4.79 Å². The van der Waals surface area contributed by atoms with Crippen molar-refractivity contribution in [2.75, 3.05) is 33.8 Å². The van der Waals surface area contributed by atoms with E-state index in [-0.39, 0.29) is 24.9 Å². The Balaban J connectivity index is 2.31. The summed E-state index contributed by atoms with van der Waals surface area (Å²) >= 11 is 0. The van der Waals surface area contributed by atoms with E-state index in [0.29, 0.717) is 6.54 Å². The highest BCUT2D eigenvalue weighted by molar-refractivity contribution is 5.77. The molecule has 0 aromatic heterocycles. The van der Waals surface area contributed by atoms with E-state index in [9.17, 15) is 22.8 Å². The van der Waals surface area contributed by atoms with Crippen LogP contribution >= 0.6 is 0 Å². The minimum atomic E-state index is -4.58. The number of benzene rings is 1. The maximum Gasteiger partial charge on any atom is 0.422 e. The third-order valence-corrected chi connectivity index (χ3v) is 3.29. The molecular formula is C16H22F3N3O3. The Kier molecular flexibility index (Phi) is 8.20. The summed E-state index contributed by atoms with van der Waals surface area (Å²) in [6.45, 7) is -1.40. The van der Waals surface area contributed by atoms with E-state index in [0.717, 1.165) is 5.56 Å². The topological polar surface area (TPSA) is 70.7 Å². The SMILES string of the molecule is CN(C)[C@H](CNC(=O)CCNC(=O)OCC(F)(F)F)c1ccccc1. The summed E-state index contributed by atoms with van der Waals surface area (Å²) < 4.78 is 39.6. The van der Waals surface area contributed by atoms with Crippen molar-refractivity contribution in [1.82, 2.24) is 15.5 Å². The zero-order valence-electron chi connectivity index (χ0n) is 14.1. The Labute approximate surface area is 144 Å². The second kappa shape index (κ2) is 9.87. The highest BCUT2D eigenvalue weighted by Gasteiger charge is 2.29. The van der Waals surface area contributed by atoms with Crippen LogP contribution in [0.4, 0.5) is 18.0 Å². The van der Waals surface area contributed by atoms with Crippen LogP contribution in [0.3, 0.4) is 0 Å². The van der Waals surface area contributed by atoms with Crippen molar-refractivity contribution in [1.29, 1.82) is 0 Å². The van der Waals surface area contributed by atoms with Crippen molar-refractivity contribution in [2.24, 2.45) is 0 Å². The molecule has 0 aliphatic carbocycles. The van der Waals surface area contributed by atoms with Gasteiger partial charge < -0.3 is 20.3 Å². The van der Waals surface area contributed by atoms with Crippen molar-refractivity contribution in [3.8, 4) is 0 Å². The van der Waals surface area contributed by atoms with Gasteiger partial charge in [0.15, 0.2) is 6.61 Å². The fourth-order valence-corrected chi connectivity index (χ4v) is 2.05.